The van der Waals surface area contributed by atoms with E-state index in [0.29, 0.717) is 0 Å². The van der Waals surface area contributed by atoms with Crippen molar-refractivity contribution in [3.05, 3.63) is 0 Å². The van der Waals surface area contributed by atoms with E-state index >= 15 is 0 Å². The number of esters is 2. The number of unbranched alkanes of at least 4 members (excludes halogenated alkanes) is 2. The average molecular weight is 681 g/mol. The smallest absolute Gasteiger partial charge is 0.747 e. The molecule has 0 saturated heterocycles. The predicted octanol–water partition coefficient (Wildman–Crippen LogP) is -3.43. The van der Waals surface area contributed by atoms with Crippen LogP contribution in [0.5, 0.6) is 0 Å². The largest absolute Gasteiger partial charge is 2.00 e. The first-order chi connectivity index (χ1) is 18.4. The summed E-state index contributed by atoms with van der Waals surface area (Å²) in [7, 11) is -9.96. The van der Waals surface area contributed by atoms with Crippen LogP contribution in [-0.2, 0) is 48.9 Å². The molecule has 18 heteroatoms. The Bertz CT molecular complexity index is 1000. The minimum absolute atomic E-state index is 0. The second-order valence-electron chi connectivity index (χ2n) is 9.23. The fourth-order valence-corrected chi connectivity index (χ4v) is 4.51. The molecule has 1 N–H and O–H groups in total. The van der Waals surface area contributed by atoms with Gasteiger partial charge in [0.05, 0.1) is 25.6 Å². The van der Waals surface area contributed by atoms with Gasteiger partial charge in [0.1, 0.15) is 15.4 Å². The summed E-state index contributed by atoms with van der Waals surface area (Å²) in [5, 5.41) is 15.2. The van der Waals surface area contributed by atoms with Crippen molar-refractivity contribution in [3.8, 4) is 0 Å². The normalized spacial score (nSPS) is 13.9. The van der Waals surface area contributed by atoms with Crippen LogP contribution in [0, 0.1) is 11.8 Å². The Morgan fingerprint density at radius 2 is 1.19 bits per heavy atom. The maximum atomic E-state index is 12.1. The molecule has 0 rings (SSSR count). The molecule has 0 amide bonds. The summed E-state index contributed by atoms with van der Waals surface area (Å²) in [6, 6.07) is 0. The third-order valence-corrected chi connectivity index (χ3v) is 8.10. The molecule has 0 saturated carbocycles. The molecule has 0 spiro atoms. The van der Waals surface area contributed by atoms with Gasteiger partial charge >= 0.3 is 79.2 Å². The number of carbonyl (C=O) groups is 4. The number of rotatable bonds is 20. The van der Waals surface area contributed by atoms with Crippen molar-refractivity contribution in [1.29, 1.82) is 0 Å². The Morgan fingerprint density at radius 3 is 1.48 bits per heavy atom. The first kappa shape index (κ1) is 48.9. The maximum absolute atomic E-state index is 12.1. The van der Waals surface area contributed by atoms with Gasteiger partial charge < -0.3 is 33.8 Å². The van der Waals surface area contributed by atoms with Crippen molar-refractivity contribution in [2.45, 2.75) is 102 Å². The van der Waals surface area contributed by atoms with Crippen LogP contribution in [0.2, 0.25) is 0 Å². The fourth-order valence-electron chi connectivity index (χ4n) is 3.28. The quantitative estimate of drug-likeness (QED) is 0.0747. The van der Waals surface area contributed by atoms with Gasteiger partial charge in [-0.25, -0.2) is 8.42 Å². The number of carbonyl (C=O) groups excluding carboxylic acids is 4. The van der Waals surface area contributed by atoms with Crippen molar-refractivity contribution in [1.82, 2.24) is 0 Å². The number of aliphatic carboxylic acids is 2. The summed E-state index contributed by atoms with van der Waals surface area (Å²) >= 11 is 0. The van der Waals surface area contributed by atoms with Gasteiger partial charge in [-0.15, -0.1) is 0 Å². The summed E-state index contributed by atoms with van der Waals surface area (Å²) in [5.74, 6) is -5.82. The molecule has 0 aliphatic heterocycles. The third-order valence-electron chi connectivity index (χ3n) is 5.97. The monoisotopic (exact) mass is 680 g/mol. The van der Waals surface area contributed by atoms with Gasteiger partial charge in [0.2, 0.25) is 0 Å². The third kappa shape index (κ3) is 24.3. The standard InChI is InChI=1S/C20H38O7S.C4H6O7S.Ca.Na/c1-5-9-11-16(7-3)14-26-19(21)13-18(28(23,24)25)20(22)27-15-17(8-4)12-10-6-2;5-3(6)1-2(4(7)8)12(9,10)11;;/h16-18H,5-15H2,1-4H3,(H,23,24,25);2H,1H2,(H,5,6)(H,7,8)(H,9,10,11);;/q;;+2;+1/p-3. The molecule has 42 heavy (non-hydrogen) atoms. The first-order valence-electron chi connectivity index (χ1n) is 13.1. The second-order valence-corrected chi connectivity index (χ2v) is 12.4. The zero-order valence-electron chi connectivity index (χ0n) is 25.1. The van der Waals surface area contributed by atoms with Crippen LogP contribution in [0.1, 0.15) is 91.9 Å². The van der Waals surface area contributed by atoms with E-state index in [2.05, 4.69) is 13.8 Å². The summed E-state index contributed by atoms with van der Waals surface area (Å²) in [6.45, 7) is 8.26. The minimum Gasteiger partial charge on any atom is -0.747 e. The van der Waals surface area contributed by atoms with E-state index < -0.39 is 67.5 Å². The zero-order chi connectivity index (χ0) is 31.5. The Morgan fingerprint density at radius 1 is 0.762 bits per heavy atom. The molecular formula is C24H41CaNaO14S2. The van der Waals surface area contributed by atoms with E-state index in [0.717, 1.165) is 51.4 Å². The summed E-state index contributed by atoms with van der Waals surface area (Å²) in [5.41, 5.74) is 0. The van der Waals surface area contributed by atoms with E-state index in [1.54, 1.807) is 0 Å². The first-order valence-corrected chi connectivity index (χ1v) is 16.1. The topological polar surface area (TPSA) is 244 Å². The van der Waals surface area contributed by atoms with Gasteiger partial charge in [0.15, 0.2) is 5.25 Å². The van der Waals surface area contributed by atoms with Crippen LogP contribution in [0.25, 0.3) is 0 Å². The van der Waals surface area contributed by atoms with Crippen molar-refractivity contribution in [2.24, 2.45) is 11.8 Å². The molecule has 4 atom stereocenters. The fraction of sp³-hybridized carbons (Fsp3) is 0.833. The molecule has 236 valence electrons. The van der Waals surface area contributed by atoms with Gasteiger partial charge in [-0.05, 0) is 24.7 Å². The van der Waals surface area contributed by atoms with Gasteiger partial charge in [-0.1, -0.05) is 66.2 Å². The molecule has 14 nitrogen and oxygen atoms in total. The minimum atomic E-state index is -5.01. The number of ether oxygens (including phenoxy) is 2. The Hall–Kier alpha value is -0.0403. The van der Waals surface area contributed by atoms with Crippen molar-refractivity contribution < 1.29 is 94.4 Å². The van der Waals surface area contributed by atoms with Crippen LogP contribution in [0.3, 0.4) is 0 Å². The Labute approximate surface area is 300 Å². The van der Waals surface area contributed by atoms with E-state index in [-0.39, 0.29) is 92.3 Å². The Balaban J connectivity index is -0.000000436. The van der Waals surface area contributed by atoms with Crippen molar-refractivity contribution in [2.75, 3.05) is 13.2 Å². The molecule has 0 aromatic carbocycles. The average Bonchev–Trinajstić information content (AvgIpc) is 2.84. The van der Waals surface area contributed by atoms with E-state index in [4.69, 9.17) is 14.0 Å². The van der Waals surface area contributed by atoms with Crippen LogP contribution in [-0.4, -0.2) is 111 Å². The number of carboxylic acid groups (broad SMARTS) is 2. The van der Waals surface area contributed by atoms with Gasteiger partial charge in [0, 0.05) is 12.4 Å². The molecule has 0 aliphatic carbocycles. The van der Waals surface area contributed by atoms with E-state index in [1.165, 1.54) is 0 Å². The van der Waals surface area contributed by atoms with Crippen LogP contribution in [0.4, 0.5) is 0 Å². The zero-order valence-corrected chi connectivity index (χ0v) is 30.9. The molecule has 4 unspecified atom stereocenters. The molecule has 0 heterocycles. The molecule has 0 aromatic heterocycles. The SMILES string of the molecule is CCCCC(CC)COC(=O)CC(C(=O)OCC(CC)CCCC)S(=O)(=O)[O-].O=C([O-])CC(C(=O)[O-])S(=O)(=O)O.[Ca+2].[Na+]. The summed E-state index contributed by atoms with van der Waals surface area (Å²) in [4.78, 5) is 43.9. The van der Waals surface area contributed by atoms with Crippen LogP contribution >= 0.6 is 0 Å². The second kappa shape index (κ2) is 26.2. The number of hydrogen-bond acceptors (Lipinski definition) is 13. The molecular weight excluding hydrogens is 639 g/mol. The number of carboxylic acids is 2. The van der Waals surface area contributed by atoms with Gasteiger partial charge in [-0.3, -0.25) is 14.1 Å². The molecule has 0 fully saturated rings. The molecule has 0 aliphatic rings. The summed E-state index contributed by atoms with van der Waals surface area (Å²) in [6.07, 6.45) is 5.25. The molecule has 0 bridgehead atoms. The van der Waals surface area contributed by atoms with Crippen LogP contribution < -0.4 is 39.8 Å². The molecule has 0 aromatic rings. The van der Waals surface area contributed by atoms with E-state index in [1.807, 2.05) is 13.8 Å². The predicted molar refractivity (Wildman–Crippen MR) is 142 cm³/mol. The summed E-state index contributed by atoms with van der Waals surface area (Å²) < 4.78 is 73.0. The van der Waals surface area contributed by atoms with E-state index in [9.17, 15) is 50.8 Å². The van der Waals surface area contributed by atoms with Gasteiger partial charge in [-0.2, -0.15) is 8.42 Å². The van der Waals surface area contributed by atoms with Crippen molar-refractivity contribution >= 4 is 81.9 Å². The number of hydrogen-bond donors (Lipinski definition) is 1. The van der Waals surface area contributed by atoms with Crippen LogP contribution in [0.15, 0.2) is 0 Å². The van der Waals surface area contributed by atoms with Crippen molar-refractivity contribution in [3.63, 3.8) is 0 Å². The molecule has 0 radical (unpaired) electrons. The van der Waals surface area contributed by atoms with Gasteiger partial charge in [0.25, 0.3) is 10.1 Å². The maximum Gasteiger partial charge on any atom is 2.00 e. The Kier molecular flexibility index (Phi) is 30.5.